The van der Waals surface area contributed by atoms with Crippen LogP contribution in [-0.2, 0) is 10.8 Å². The quantitative estimate of drug-likeness (QED) is 0.178. The van der Waals surface area contributed by atoms with Crippen molar-refractivity contribution in [2.75, 3.05) is 5.32 Å². The SMILES string of the molecule is CC1(C)c2ccccc2-c2cc3c(c(-c4cccc5c4Nc4ccccc4C5(c4ccccc4)c4ccccc4)c21)[B]c1cccc2c4c5ccccc5ccc4n-3c12. The first kappa shape index (κ1) is 32.9. The molecule has 1 radical (unpaired) electrons. The Hall–Kier alpha value is -7.10. The van der Waals surface area contributed by atoms with E-state index in [2.05, 4.69) is 219 Å². The van der Waals surface area contributed by atoms with Crippen LogP contribution in [0.3, 0.4) is 0 Å². The molecule has 0 spiro atoms. The zero-order valence-electron chi connectivity index (χ0n) is 32.9. The minimum atomic E-state index is -0.563. The summed E-state index contributed by atoms with van der Waals surface area (Å²) in [5.74, 6) is 0. The average Bonchev–Trinajstić information content (AvgIpc) is 3.75. The fourth-order valence-corrected chi connectivity index (χ4v) is 11.5. The lowest BCUT2D eigenvalue weighted by molar-refractivity contribution is 0.662. The second-order valence-corrected chi connectivity index (χ2v) is 17.1. The van der Waals surface area contributed by atoms with Gasteiger partial charge < -0.3 is 9.88 Å². The van der Waals surface area contributed by atoms with Crippen molar-refractivity contribution in [1.29, 1.82) is 0 Å². The normalized spacial score (nSPS) is 14.8. The Balaban J connectivity index is 1.20. The maximum Gasteiger partial charge on any atom is 0.197 e. The lowest BCUT2D eigenvalue weighted by Gasteiger charge is -2.43. The molecule has 59 heavy (non-hydrogen) atoms. The summed E-state index contributed by atoms with van der Waals surface area (Å²) < 4.78 is 2.58. The molecule has 1 aromatic heterocycles. The Morgan fingerprint density at radius 3 is 1.98 bits per heavy atom. The standard InChI is InChI=1S/C56H38BN2/c1-55(2)42-26-12-11-23-38(42)41-33-48-52(57-45-29-16-25-40-49-37-22-10-9-17-34(37)31-32-47(49)59(48)54(40)45)50(51(41)55)39-24-15-28-44-53(39)58-46-30-14-13-27-43(46)56(44,35-18-5-3-6-19-35)36-20-7-4-8-21-36/h3-33,58H,1-2H3. The third kappa shape index (κ3) is 4.17. The van der Waals surface area contributed by atoms with Gasteiger partial charge in [-0.25, -0.2) is 0 Å². The molecule has 1 N–H and O–H groups in total. The van der Waals surface area contributed by atoms with E-state index in [9.17, 15) is 0 Å². The number of anilines is 2. The monoisotopic (exact) mass is 749 g/mol. The molecule has 3 aliphatic rings. The smallest absolute Gasteiger partial charge is 0.197 e. The van der Waals surface area contributed by atoms with Crippen LogP contribution in [0.1, 0.15) is 47.2 Å². The molecule has 0 unspecified atom stereocenters. The van der Waals surface area contributed by atoms with E-state index >= 15 is 0 Å². The van der Waals surface area contributed by atoms with Gasteiger partial charge in [0.15, 0.2) is 7.28 Å². The highest BCUT2D eigenvalue weighted by molar-refractivity contribution is 6.73. The van der Waals surface area contributed by atoms with E-state index in [1.807, 2.05) is 0 Å². The molecule has 0 saturated heterocycles. The van der Waals surface area contributed by atoms with Gasteiger partial charge in [0, 0.05) is 38.6 Å². The summed E-state index contributed by atoms with van der Waals surface area (Å²) >= 11 is 0. The van der Waals surface area contributed by atoms with E-state index in [0.717, 1.165) is 11.4 Å². The van der Waals surface area contributed by atoms with Gasteiger partial charge in [-0.3, -0.25) is 0 Å². The molecular weight excluding hydrogens is 711 g/mol. The predicted octanol–water partition coefficient (Wildman–Crippen LogP) is 12.3. The van der Waals surface area contributed by atoms with Crippen LogP contribution in [0, 0.1) is 0 Å². The van der Waals surface area contributed by atoms with Gasteiger partial charge in [-0.15, -0.1) is 0 Å². The van der Waals surface area contributed by atoms with Gasteiger partial charge in [0.1, 0.15) is 0 Å². The van der Waals surface area contributed by atoms with Crippen LogP contribution in [0.4, 0.5) is 11.4 Å². The highest BCUT2D eigenvalue weighted by atomic mass is 15.0. The fraction of sp³-hybridized carbons (Fsp3) is 0.0714. The summed E-state index contributed by atoms with van der Waals surface area (Å²) in [4.78, 5) is 0. The van der Waals surface area contributed by atoms with Crippen molar-refractivity contribution >= 4 is 62.2 Å². The lowest BCUT2D eigenvalue weighted by Crippen LogP contribution is -2.39. The largest absolute Gasteiger partial charge is 0.354 e. The van der Waals surface area contributed by atoms with Crippen molar-refractivity contribution in [2.45, 2.75) is 24.7 Å². The Bertz CT molecular complexity index is 3370. The highest BCUT2D eigenvalue weighted by Crippen LogP contribution is 2.58. The molecule has 2 aliphatic heterocycles. The molecule has 0 bridgehead atoms. The molecule has 0 saturated carbocycles. The van der Waals surface area contributed by atoms with Crippen LogP contribution in [-0.4, -0.2) is 11.8 Å². The van der Waals surface area contributed by atoms with Crippen LogP contribution in [0.15, 0.2) is 188 Å². The number of aromatic nitrogens is 1. The number of benzene rings is 9. The molecule has 2 nitrogen and oxygen atoms in total. The number of nitrogens with zero attached hydrogens (tertiary/aromatic N) is 1. The maximum atomic E-state index is 4.11. The molecule has 1 aliphatic carbocycles. The first-order chi connectivity index (χ1) is 29.0. The molecular formula is C56H38BN2. The summed E-state index contributed by atoms with van der Waals surface area (Å²) in [5, 5.41) is 9.28. The Morgan fingerprint density at radius 1 is 0.525 bits per heavy atom. The van der Waals surface area contributed by atoms with E-state index in [0.29, 0.717) is 0 Å². The van der Waals surface area contributed by atoms with Gasteiger partial charge in [-0.2, -0.15) is 0 Å². The fourth-order valence-electron chi connectivity index (χ4n) is 11.5. The topological polar surface area (TPSA) is 17.0 Å². The van der Waals surface area contributed by atoms with Crippen LogP contribution < -0.4 is 16.2 Å². The van der Waals surface area contributed by atoms with Gasteiger partial charge >= 0.3 is 0 Å². The number of rotatable bonds is 3. The number of hydrogen-bond donors (Lipinski definition) is 1. The zero-order chi connectivity index (χ0) is 39.0. The minimum absolute atomic E-state index is 0.253. The van der Waals surface area contributed by atoms with Crippen LogP contribution in [0.5, 0.6) is 0 Å². The summed E-state index contributed by atoms with van der Waals surface area (Å²) in [7, 11) is 2.49. The van der Waals surface area contributed by atoms with Gasteiger partial charge in [0.2, 0.25) is 0 Å². The van der Waals surface area contributed by atoms with Crippen molar-refractivity contribution in [3.8, 4) is 27.9 Å². The third-order valence-corrected chi connectivity index (χ3v) is 13.9. The minimum Gasteiger partial charge on any atom is -0.354 e. The second-order valence-electron chi connectivity index (χ2n) is 17.1. The Kier molecular flexibility index (Phi) is 6.56. The molecule has 3 heteroatoms. The third-order valence-electron chi connectivity index (χ3n) is 13.9. The van der Waals surface area contributed by atoms with Gasteiger partial charge in [-0.05, 0) is 84.5 Å². The Morgan fingerprint density at radius 2 is 1.17 bits per heavy atom. The molecule has 3 heterocycles. The van der Waals surface area contributed by atoms with Crippen molar-refractivity contribution in [1.82, 2.24) is 4.57 Å². The Labute approximate surface area is 344 Å². The molecule has 0 atom stereocenters. The highest BCUT2D eigenvalue weighted by Gasteiger charge is 2.46. The summed E-state index contributed by atoms with van der Waals surface area (Å²) in [6, 6.07) is 70.2. The second kappa shape index (κ2) is 11.7. The first-order valence-corrected chi connectivity index (χ1v) is 20.8. The summed E-state index contributed by atoms with van der Waals surface area (Å²) in [6.45, 7) is 4.85. The zero-order valence-corrected chi connectivity index (χ0v) is 32.9. The van der Waals surface area contributed by atoms with Crippen molar-refractivity contribution < 1.29 is 0 Å². The van der Waals surface area contributed by atoms with Crippen LogP contribution in [0.2, 0.25) is 0 Å². The van der Waals surface area contributed by atoms with E-state index in [1.165, 1.54) is 105 Å². The number of fused-ring (bicyclic) bond motifs is 12. The average molecular weight is 750 g/mol. The van der Waals surface area contributed by atoms with Crippen molar-refractivity contribution in [3.63, 3.8) is 0 Å². The van der Waals surface area contributed by atoms with Crippen molar-refractivity contribution in [3.05, 3.63) is 221 Å². The molecule has 275 valence electrons. The van der Waals surface area contributed by atoms with E-state index < -0.39 is 5.41 Å². The van der Waals surface area contributed by atoms with E-state index in [-0.39, 0.29) is 5.41 Å². The first-order valence-electron chi connectivity index (χ1n) is 20.8. The van der Waals surface area contributed by atoms with Gasteiger partial charge in [0.25, 0.3) is 0 Å². The van der Waals surface area contributed by atoms with Gasteiger partial charge in [-0.1, -0.05) is 189 Å². The number of hydrogen-bond acceptors (Lipinski definition) is 1. The predicted molar refractivity (Wildman–Crippen MR) is 248 cm³/mol. The lowest BCUT2D eigenvalue weighted by atomic mass is 9.57. The van der Waals surface area contributed by atoms with E-state index in [4.69, 9.17) is 0 Å². The molecule has 9 aromatic carbocycles. The number of para-hydroxylation sites is 3. The molecule has 10 aromatic rings. The summed E-state index contributed by atoms with van der Waals surface area (Å²) in [6.07, 6.45) is 0. The summed E-state index contributed by atoms with van der Waals surface area (Å²) in [5.41, 5.74) is 20.6. The van der Waals surface area contributed by atoms with Crippen LogP contribution in [0.25, 0.3) is 60.5 Å². The number of nitrogens with one attached hydrogen (secondary N) is 1. The van der Waals surface area contributed by atoms with Crippen LogP contribution >= 0.6 is 0 Å². The maximum absolute atomic E-state index is 4.11. The van der Waals surface area contributed by atoms with Gasteiger partial charge in [0.05, 0.1) is 16.6 Å². The van der Waals surface area contributed by atoms with Crippen molar-refractivity contribution in [2.24, 2.45) is 0 Å². The molecule has 0 amide bonds. The molecule has 0 fully saturated rings. The van der Waals surface area contributed by atoms with E-state index in [1.54, 1.807) is 0 Å². The molecule has 13 rings (SSSR count).